The van der Waals surface area contributed by atoms with Crippen molar-refractivity contribution in [2.45, 2.75) is 76.5 Å². The Bertz CT molecular complexity index is 1890. The number of piperidine rings is 3. The molecule has 8 nitrogen and oxygen atoms in total. The number of hydrogen-bond donors (Lipinski definition) is 3. The molecule has 4 N–H and O–H groups in total. The average Bonchev–Trinajstić information content (AvgIpc) is 3.51. The summed E-state index contributed by atoms with van der Waals surface area (Å²) in [5, 5.41) is 8.78. The van der Waals surface area contributed by atoms with E-state index in [1.807, 2.05) is 18.2 Å². The number of ether oxygens (including phenoxy) is 1. The van der Waals surface area contributed by atoms with Crippen molar-refractivity contribution < 1.29 is 22.7 Å². The molecule has 3 aromatic carbocycles. The summed E-state index contributed by atoms with van der Waals surface area (Å²) in [6, 6.07) is 18.3. The molecule has 4 heterocycles. The molecule has 1 amide bonds. The SMILES string of the molecule is NC1(C(=O)NCCCn2cc(-c3ccc(OC(F)(F)F)cc3)c3cc(CN4CCC5(CC4)CCN(Cc4c(Cl)cccc4Cl)CC5)ccc32)CCNCC1. The van der Waals surface area contributed by atoms with Gasteiger partial charge in [-0.3, -0.25) is 14.6 Å². The highest BCUT2D eigenvalue weighted by Crippen LogP contribution is 2.42. The zero-order valence-corrected chi connectivity index (χ0v) is 32.0. The van der Waals surface area contributed by atoms with Crippen LogP contribution in [0.2, 0.25) is 10.0 Å². The van der Waals surface area contributed by atoms with E-state index in [1.165, 1.54) is 43.4 Å². The molecule has 13 heteroatoms. The number of carbonyl (C=O) groups excluding carboxylic acids is 1. The van der Waals surface area contributed by atoms with Gasteiger partial charge in [0.25, 0.3) is 0 Å². The molecule has 0 radical (unpaired) electrons. The van der Waals surface area contributed by atoms with Crippen molar-refractivity contribution in [1.29, 1.82) is 0 Å². The fourth-order valence-electron chi connectivity index (χ4n) is 8.46. The first-order chi connectivity index (χ1) is 25.9. The van der Waals surface area contributed by atoms with Gasteiger partial charge in [0.2, 0.25) is 5.91 Å². The summed E-state index contributed by atoms with van der Waals surface area (Å²) in [7, 11) is 0. The molecule has 4 aromatic rings. The molecule has 3 saturated heterocycles. The molecule has 0 saturated carbocycles. The van der Waals surface area contributed by atoms with Crippen molar-refractivity contribution in [2.24, 2.45) is 11.1 Å². The van der Waals surface area contributed by atoms with Crippen molar-refractivity contribution in [2.75, 3.05) is 45.8 Å². The van der Waals surface area contributed by atoms with Gasteiger partial charge in [0.05, 0.1) is 5.54 Å². The molecule has 3 fully saturated rings. The Balaban J connectivity index is 1.00. The summed E-state index contributed by atoms with van der Waals surface area (Å²) >= 11 is 12.9. The Kier molecular flexibility index (Phi) is 11.8. The lowest BCUT2D eigenvalue weighted by Crippen LogP contribution is -2.59. The van der Waals surface area contributed by atoms with E-state index in [0.29, 0.717) is 37.8 Å². The lowest BCUT2D eigenvalue weighted by molar-refractivity contribution is -0.274. The predicted octanol–water partition coefficient (Wildman–Crippen LogP) is 7.98. The topological polar surface area (TPSA) is 87.8 Å². The van der Waals surface area contributed by atoms with Crippen LogP contribution in [0, 0.1) is 5.41 Å². The number of alkyl halides is 3. The molecule has 0 aliphatic carbocycles. The number of fused-ring (bicyclic) bond motifs is 1. The zero-order valence-electron chi connectivity index (χ0n) is 30.5. The van der Waals surface area contributed by atoms with Crippen molar-refractivity contribution in [3.05, 3.63) is 88.0 Å². The highest BCUT2D eigenvalue weighted by Gasteiger charge is 2.38. The lowest BCUT2D eigenvalue weighted by atomic mass is 9.71. The minimum atomic E-state index is -4.75. The Labute approximate surface area is 325 Å². The Hall–Kier alpha value is -3.32. The van der Waals surface area contributed by atoms with Crippen LogP contribution in [0.3, 0.4) is 0 Å². The van der Waals surface area contributed by atoms with Crippen LogP contribution in [0.5, 0.6) is 5.75 Å². The molecule has 3 aliphatic rings. The molecule has 3 aliphatic heterocycles. The van der Waals surface area contributed by atoms with Crippen LogP contribution >= 0.6 is 23.2 Å². The van der Waals surface area contributed by atoms with Crippen LogP contribution in [0.4, 0.5) is 13.2 Å². The van der Waals surface area contributed by atoms with Crippen LogP contribution < -0.4 is 21.1 Å². The van der Waals surface area contributed by atoms with E-state index < -0.39 is 11.9 Å². The summed E-state index contributed by atoms with van der Waals surface area (Å²) < 4.78 is 44.9. The molecule has 0 bridgehead atoms. The van der Waals surface area contributed by atoms with E-state index in [2.05, 4.69) is 54.1 Å². The molecule has 0 unspecified atom stereocenters. The molecule has 290 valence electrons. The van der Waals surface area contributed by atoms with Crippen LogP contribution in [-0.2, 0) is 24.4 Å². The van der Waals surface area contributed by atoms with Crippen LogP contribution in [-0.4, -0.2) is 78.0 Å². The van der Waals surface area contributed by atoms with Gasteiger partial charge in [-0.1, -0.05) is 47.5 Å². The van der Waals surface area contributed by atoms with E-state index in [4.69, 9.17) is 28.9 Å². The highest BCUT2D eigenvalue weighted by molar-refractivity contribution is 6.36. The number of benzene rings is 3. The Morgan fingerprint density at radius 3 is 2.13 bits per heavy atom. The zero-order chi connectivity index (χ0) is 37.9. The Morgan fingerprint density at radius 1 is 0.870 bits per heavy atom. The molecular weight excluding hydrogens is 736 g/mol. The first kappa shape index (κ1) is 38.9. The van der Waals surface area contributed by atoms with E-state index in [1.54, 1.807) is 12.1 Å². The number of aromatic nitrogens is 1. The minimum Gasteiger partial charge on any atom is -0.406 e. The number of halogens is 5. The van der Waals surface area contributed by atoms with Gasteiger partial charge in [0.15, 0.2) is 0 Å². The summed E-state index contributed by atoms with van der Waals surface area (Å²) in [4.78, 5) is 17.9. The molecule has 1 spiro atoms. The van der Waals surface area contributed by atoms with E-state index >= 15 is 0 Å². The summed E-state index contributed by atoms with van der Waals surface area (Å²) in [5.74, 6) is -0.364. The largest absolute Gasteiger partial charge is 0.573 e. The summed E-state index contributed by atoms with van der Waals surface area (Å²) in [6.07, 6.45) is 3.91. The predicted molar refractivity (Wildman–Crippen MR) is 209 cm³/mol. The van der Waals surface area contributed by atoms with E-state index in [9.17, 15) is 18.0 Å². The quantitative estimate of drug-likeness (QED) is 0.134. The number of nitrogens with zero attached hydrogens (tertiary/aromatic N) is 3. The summed E-state index contributed by atoms with van der Waals surface area (Å²) in [6.45, 7) is 8.37. The van der Waals surface area contributed by atoms with Gasteiger partial charge in [-0.25, -0.2) is 0 Å². The second-order valence-corrected chi connectivity index (χ2v) is 16.2. The highest BCUT2D eigenvalue weighted by atomic mass is 35.5. The van der Waals surface area contributed by atoms with Crippen molar-refractivity contribution >= 4 is 40.0 Å². The molecular formula is C41H49Cl2F3N6O2. The van der Waals surface area contributed by atoms with Crippen molar-refractivity contribution in [3.8, 4) is 16.9 Å². The van der Waals surface area contributed by atoms with E-state index in [0.717, 1.165) is 90.0 Å². The number of carbonyl (C=O) groups is 1. The number of nitrogens with one attached hydrogen (secondary N) is 2. The van der Waals surface area contributed by atoms with Crippen LogP contribution in [0.25, 0.3) is 22.0 Å². The van der Waals surface area contributed by atoms with Gasteiger partial charge >= 0.3 is 6.36 Å². The molecule has 1 aromatic heterocycles. The normalized spacial score (nSPS) is 19.3. The molecule has 54 heavy (non-hydrogen) atoms. The minimum absolute atomic E-state index is 0.110. The molecule has 0 atom stereocenters. The van der Waals surface area contributed by atoms with Gasteiger partial charge in [-0.2, -0.15) is 0 Å². The number of nitrogens with two attached hydrogens (primary N) is 1. The van der Waals surface area contributed by atoms with Gasteiger partial charge in [0.1, 0.15) is 5.75 Å². The smallest absolute Gasteiger partial charge is 0.406 e. The number of aryl methyl sites for hydroxylation is 1. The Morgan fingerprint density at radius 2 is 1.50 bits per heavy atom. The van der Waals surface area contributed by atoms with Crippen molar-refractivity contribution in [3.63, 3.8) is 0 Å². The third-order valence-electron chi connectivity index (χ3n) is 11.8. The number of likely N-dealkylation sites (tertiary alicyclic amines) is 2. The van der Waals surface area contributed by atoms with Crippen LogP contribution in [0.15, 0.2) is 66.9 Å². The van der Waals surface area contributed by atoms with Gasteiger partial charge in [-0.05, 0) is 137 Å². The lowest BCUT2D eigenvalue weighted by Gasteiger charge is -2.47. The number of amides is 1. The second kappa shape index (κ2) is 16.4. The summed E-state index contributed by atoms with van der Waals surface area (Å²) in [5.41, 5.74) is 10.9. The maximum absolute atomic E-state index is 12.9. The standard InChI is InChI=1S/C41H49Cl2F3N6O2/c42-35-3-1-4-36(43)34(35)27-51-23-15-39(16-24-51)13-21-50(22-14-39)26-29-5-10-37-32(25-29)33(30-6-8-31(9-7-30)54-41(44,45)46)28-52(37)20-2-17-49-38(53)40(47)11-18-48-19-12-40/h1,3-10,25,28,48H,2,11-24,26-27,47H2,(H,49,53). The number of rotatable bonds is 11. The third kappa shape index (κ3) is 9.20. The van der Waals surface area contributed by atoms with Gasteiger partial charge < -0.3 is 25.7 Å². The number of hydrogen-bond acceptors (Lipinski definition) is 6. The average molecular weight is 786 g/mol. The second-order valence-electron chi connectivity index (χ2n) is 15.4. The maximum atomic E-state index is 12.9. The fraction of sp³-hybridized carbons (Fsp3) is 0.488. The first-order valence-corrected chi connectivity index (χ1v) is 19.8. The fourth-order valence-corrected chi connectivity index (χ4v) is 8.97. The first-order valence-electron chi connectivity index (χ1n) is 19.0. The van der Waals surface area contributed by atoms with Gasteiger partial charge in [-0.15, -0.1) is 13.2 Å². The van der Waals surface area contributed by atoms with Crippen LogP contribution in [0.1, 0.15) is 56.1 Å². The van der Waals surface area contributed by atoms with E-state index in [-0.39, 0.29) is 11.7 Å². The maximum Gasteiger partial charge on any atom is 0.573 e. The third-order valence-corrected chi connectivity index (χ3v) is 12.5. The monoisotopic (exact) mass is 784 g/mol. The molecule has 7 rings (SSSR count). The van der Waals surface area contributed by atoms with Gasteiger partial charge in [0, 0.05) is 64.5 Å². The van der Waals surface area contributed by atoms with Crippen molar-refractivity contribution in [1.82, 2.24) is 25.0 Å².